The van der Waals surface area contributed by atoms with E-state index in [1.54, 1.807) is 0 Å². The van der Waals surface area contributed by atoms with Crippen LogP contribution in [0.2, 0.25) is 0 Å². The number of nitrogens with zero attached hydrogens (tertiary/aromatic N) is 1. The molecule has 0 N–H and O–H groups in total. The van der Waals surface area contributed by atoms with Crippen LogP contribution in [0.25, 0.3) is 66.4 Å². The Balaban J connectivity index is 1.25. The molecule has 0 radical (unpaired) electrons. The Kier molecular flexibility index (Phi) is 7.53. The summed E-state index contributed by atoms with van der Waals surface area (Å²) in [7, 11) is 0. The van der Waals surface area contributed by atoms with Crippen molar-refractivity contribution in [1.29, 1.82) is 0 Å². The summed E-state index contributed by atoms with van der Waals surface area (Å²) in [5, 5.41) is 2.18. The van der Waals surface area contributed by atoms with Gasteiger partial charge >= 0.3 is 0 Å². The van der Waals surface area contributed by atoms with E-state index in [0.29, 0.717) is 0 Å². The van der Waals surface area contributed by atoms with Crippen molar-refractivity contribution in [3.05, 3.63) is 200 Å². The first-order valence-corrected chi connectivity index (χ1v) is 17.0. The largest absolute Gasteiger partial charge is 0.453 e. The van der Waals surface area contributed by atoms with Crippen molar-refractivity contribution >= 4 is 39.0 Å². The standard InChI is InChI=1S/C48H33NO/c1-5-14-34(15-6-1)37-24-28-41(29-25-37)49(42-30-26-38(27-31-42)35-16-7-2-8-17-35)46-23-13-22-43-45-33-40(36-18-9-3-10-19-36)32-44(47(45)50-48(43)46)39-20-11-4-12-21-39/h1-33H. The zero-order valence-electron chi connectivity index (χ0n) is 27.4. The third-order valence-corrected chi connectivity index (χ3v) is 9.48. The van der Waals surface area contributed by atoms with Gasteiger partial charge in [0.15, 0.2) is 5.58 Å². The van der Waals surface area contributed by atoms with E-state index < -0.39 is 0 Å². The monoisotopic (exact) mass is 639 g/mol. The Morgan fingerprint density at radius 1 is 0.300 bits per heavy atom. The molecule has 0 saturated carbocycles. The quantitative estimate of drug-likeness (QED) is 0.173. The first-order valence-electron chi connectivity index (χ1n) is 17.0. The van der Waals surface area contributed by atoms with Crippen molar-refractivity contribution < 1.29 is 4.42 Å². The van der Waals surface area contributed by atoms with Gasteiger partial charge in [0, 0.05) is 27.7 Å². The maximum absolute atomic E-state index is 7.03. The van der Waals surface area contributed by atoms with Gasteiger partial charge in [0.1, 0.15) is 5.58 Å². The molecule has 0 bridgehead atoms. The summed E-state index contributed by atoms with van der Waals surface area (Å²) in [6, 6.07) is 70.9. The highest BCUT2D eigenvalue weighted by atomic mass is 16.3. The van der Waals surface area contributed by atoms with Gasteiger partial charge in [0.2, 0.25) is 0 Å². The molecule has 0 amide bonds. The Labute approximate surface area is 292 Å². The second kappa shape index (κ2) is 12.8. The fourth-order valence-electron chi connectivity index (χ4n) is 6.98. The minimum absolute atomic E-state index is 0.851. The molecule has 0 unspecified atom stereocenters. The third-order valence-electron chi connectivity index (χ3n) is 9.48. The van der Waals surface area contributed by atoms with Gasteiger partial charge in [-0.1, -0.05) is 158 Å². The Hall–Kier alpha value is -6.64. The summed E-state index contributed by atoms with van der Waals surface area (Å²) in [6.07, 6.45) is 0. The molecule has 50 heavy (non-hydrogen) atoms. The van der Waals surface area contributed by atoms with E-state index in [1.165, 1.54) is 27.8 Å². The maximum atomic E-state index is 7.03. The minimum Gasteiger partial charge on any atom is -0.453 e. The summed E-state index contributed by atoms with van der Waals surface area (Å²) in [6.45, 7) is 0. The second-order valence-electron chi connectivity index (χ2n) is 12.5. The molecule has 0 atom stereocenters. The molecule has 236 valence electrons. The summed E-state index contributed by atoms with van der Waals surface area (Å²) >= 11 is 0. The number of benzene rings is 8. The van der Waals surface area contributed by atoms with Crippen LogP contribution in [0.3, 0.4) is 0 Å². The Morgan fingerprint density at radius 3 is 1.24 bits per heavy atom. The lowest BCUT2D eigenvalue weighted by Crippen LogP contribution is -2.10. The van der Waals surface area contributed by atoms with E-state index in [9.17, 15) is 0 Å². The summed E-state index contributed by atoms with van der Waals surface area (Å²) in [5.74, 6) is 0. The summed E-state index contributed by atoms with van der Waals surface area (Å²) in [5.41, 5.74) is 14.1. The molecule has 0 fully saturated rings. The molecular formula is C48H33NO. The molecule has 9 aromatic rings. The molecule has 0 aliphatic rings. The van der Waals surface area contributed by atoms with Crippen molar-refractivity contribution in [1.82, 2.24) is 0 Å². The number of anilines is 3. The van der Waals surface area contributed by atoms with Gasteiger partial charge in [-0.05, 0) is 81.4 Å². The molecule has 1 aromatic heterocycles. The van der Waals surface area contributed by atoms with Crippen LogP contribution < -0.4 is 4.90 Å². The van der Waals surface area contributed by atoms with Crippen molar-refractivity contribution in [2.75, 3.05) is 4.90 Å². The lowest BCUT2D eigenvalue weighted by atomic mass is 9.96. The average molecular weight is 640 g/mol. The van der Waals surface area contributed by atoms with Gasteiger partial charge < -0.3 is 9.32 Å². The fourth-order valence-corrected chi connectivity index (χ4v) is 6.98. The predicted molar refractivity (Wildman–Crippen MR) is 210 cm³/mol. The molecular weight excluding hydrogens is 607 g/mol. The highest BCUT2D eigenvalue weighted by Gasteiger charge is 2.22. The van der Waals surface area contributed by atoms with Gasteiger partial charge in [-0.25, -0.2) is 0 Å². The number of furan rings is 1. The van der Waals surface area contributed by atoms with Crippen LogP contribution in [0.4, 0.5) is 17.1 Å². The normalized spacial score (nSPS) is 11.2. The molecule has 0 aliphatic carbocycles. The highest BCUT2D eigenvalue weighted by molar-refractivity contribution is 6.15. The van der Waals surface area contributed by atoms with Crippen LogP contribution in [0, 0.1) is 0 Å². The third kappa shape index (κ3) is 5.43. The van der Waals surface area contributed by atoms with Crippen molar-refractivity contribution in [3.8, 4) is 44.5 Å². The topological polar surface area (TPSA) is 16.4 Å². The van der Waals surface area contributed by atoms with E-state index in [4.69, 9.17) is 4.42 Å². The number of rotatable bonds is 7. The molecule has 2 nitrogen and oxygen atoms in total. The van der Waals surface area contributed by atoms with E-state index >= 15 is 0 Å². The van der Waals surface area contributed by atoms with Crippen LogP contribution in [-0.2, 0) is 0 Å². The average Bonchev–Trinajstić information content (AvgIpc) is 3.59. The predicted octanol–water partition coefficient (Wildman–Crippen LogP) is 13.7. The molecule has 1 heterocycles. The first-order chi connectivity index (χ1) is 24.8. The Morgan fingerprint density at radius 2 is 0.740 bits per heavy atom. The van der Waals surface area contributed by atoms with Gasteiger partial charge in [-0.2, -0.15) is 0 Å². The zero-order valence-corrected chi connectivity index (χ0v) is 27.4. The van der Waals surface area contributed by atoms with Crippen molar-refractivity contribution in [3.63, 3.8) is 0 Å². The van der Waals surface area contributed by atoms with Crippen LogP contribution in [0.15, 0.2) is 205 Å². The Bertz CT molecular complexity index is 2450. The lowest BCUT2D eigenvalue weighted by Gasteiger charge is -2.26. The van der Waals surface area contributed by atoms with Crippen molar-refractivity contribution in [2.24, 2.45) is 0 Å². The smallest absolute Gasteiger partial charge is 0.159 e. The first kappa shape index (κ1) is 29.5. The van der Waals surface area contributed by atoms with Crippen LogP contribution in [0.1, 0.15) is 0 Å². The number of hydrogen-bond acceptors (Lipinski definition) is 2. The van der Waals surface area contributed by atoms with Gasteiger partial charge in [0.25, 0.3) is 0 Å². The van der Waals surface area contributed by atoms with Crippen LogP contribution in [0.5, 0.6) is 0 Å². The second-order valence-corrected chi connectivity index (χ2v) is 12.5. The zero-order chi connectivity index (χ0) is 33.3. The number of fused-ring (bicyclic) bond motifs is 3. The van der Waals surface area contributed by atoms with Crippen LogP contribution in [-0.4, -0.2) is 0 Å². The molecule has 9 rings (SSSR count). The SMILES string of the molecule is c1ccc(-c2ccc(N(c3ccc(-c4ccccc4)cc3)c3cccc4c3oc3c(-c5ccccc5)cc(-c5ccccc5)cc34)cc2)cc1. The van der Waals surface area contributed by atoms with E-state index in [2.05, 4.69) is 205 Å². The van der Waals surface area contributed by atoms with E-state index in [1.807, 2.05) is 0 Å². The molecule has 2 heteroatoms. The summed E-state index contributed by atoms with van der Waals surface area (Å²) < 4.78 is 7.03. The van der Waals surface area contributed by atoms with Crippen molar-refractivity contribution in [2.45, 2.75) is 0 Å². The lowest BCUT2D eigenvalue weighted by molar-refractivity contribution is 0.670. The van der Waals surface area contributed by atoms with E-state index in [0.717, 1.165) is 55.7 Å². The molecule has 0 aliphatic heterocycles. The number of hydrogen-bond donors (Lipinski definition) is 0. The summed E-state index contributed by atoms with van der Waals surface area (Å²) in [4.78, 5) is 2.31. The highest BCUT2D eigenvalue weighted by Crippen LogP contribution is 2.45. The molecule has 8 aromatic carbocycles. The minimum atomic E-state index is 0.851. The fraction of sp³-hybridized carbons (Fsp3) is 0. The van der Waals surface area contributed by atoms with Gasteiger partial charge in [0.05, 0.1) is 5.69 Å². The van der Waals surface area contributed by atoms with Gasteiger partial charge in [-0.15, -0.1) is 0 Å². The van der Waals surface area contributed by atoms with E-state index in [-0.39, 0.29) is 0 Å². The molecule has 0 saturated heterocycles. The van der Waals surface area contributed by atoms with Crippen LogP contribution >= 0.6 is 0 Å². The molecule has 0 spiro atoms. The maximum Gasteiger partial charge on any atom is 0.159 e. The number of para-hydroxylation sites is 1. The van der Waals surface area contributed by atoms with Gasteiger partial charge in [-0.3, -0.25) is 0 Å².